The van der Waals surface area contributed by atoms with Crippen molar-refractivity contribution in [3.8, 4) is 0 Å². The van der Waals surface area contributed by atoms with Crippen LogP contribution in [-0.4, -0.2) is 0 Å². The largest absolute Gasteiger partial charge is 0.320 e. The Labute approximate surface area is 113 Å². The zero-order chi connectivity index (χ0) is 12.6. The van der Waals surface area contributed by atoms with Crippen LogP contribution in [0, 0.1) is 12.7 Å². The molecule has 0 saturated carbocycles. The summed E-state index contributed by atoms with van der Waals surface area (Å²) in [6.07, 6.45) is 0. The predicted octanol–water partition coefficient (Wildman–Crippen LogP) is 4.55. The first-order valence-electron chi connectivity index (χ1n) is 4.95. The summed E-state index contributed by atoms with van der Waals surface area (Å²) < 4.78 is 14.0. The van der Waals surface area contributed by atoms with Crippen LogP contribution in [0.5, 0.6) is 0 Å². The Hall–Kier alpha value is -0.610. The second-order valence-corrected chi connectivity index (χ2v) is 5.85. The average Bonchev–Trinajstić information content (AvgIpc) is 2.62. The molecule has 0 radical (unpaired) electrons. The average molecular weight is 290 g/mol. The zero-order valence-electron chi connectivity index (χ0n) is 9.01. The molecule has 0 saturated heterocycles. The highest BCUT2D eigenvalue weighted by Gasteiger charge is 2.14. The molecule has 0 amide bonds. The molecule has 1 unspecified atom stereocenters. The van der Waals surface area contributed by atoms with Crippen molar-refractivity contribution in [2.24, 2.45) is 5.73 Å². The molecule has 2 rings (SSSR count). The lowest BCUT2D eigenvalue weighted by atomic mass is 10.1. The molecule has 17 heavy (non-hydrogen) atoms. The molecular formula is C12H10Cl2FNS. The first-order valence-corrected chi connectivity index (χ1v) is 6.52. The van der Waals surface area contributed by atoms with Crippen molar-refractivity contribution in [1.29, 1.82) is 0 Å². The van der Waals surface area contributed by atoms with Crippen molar-refractivity contribution in [2.45, 2.75) is 13.0 Å². The van der Waals surface area contributed by atoms with E-state index in [4.69, 9.17) is 28.9 Å². The van der Waals surface area contributed by atoms with E-state index in [2.05, 4.69) is 0 Å². The van der Waals surface area contributed by atoms with Gasteiger partial charge in [-0.25, -0.2) is 4.39 Å². The summed E-state index contributed by atoms with van der Waals surface area (Å²) in [6.45, 7) is 1.91. The second kappa shape index (κ2) is 4.94. The van der Waals surface area contributed by atoms with Gasteiger partial charge < -0.3 is 5.73 Å². The van der Waals surface area contributed by atoms with Crippen LogP contribution in [0.2, 0.25) is 9.36 Å². The molecule has 1 atom stereocenters. The van der Waals surface area contributed by atoms with E-state index in [1.807, 2.05) is 13.0 Å². The summed E-state index contributed by atoms with van der Waals surface area (Å²) in [6, 6.07) is 6.13. The van der Waals surface area contributed by atoms with Crippen LogP contribution in [0.3, 0.4) is 0 Å². The fourth-order valence-electron chi connectivity index (χ4n) is 1.51. The number of benzene rings is 1. The minimum atomic E-state index is -0.459. The quantitative estimate of drug-likeness (QED) is 0.862. The smallest absolute Gasteiger partial charge is 0.142 e. The third-order valence-corrected chi connectivity index (χ3v) is 4.43. The molecule has 2 aromatic rings. The van der Waals surface area contributed by atoms with E-state index in [9.17, 15) is 4.39 Å². The van der Waals surface area contributed by atoms with E-state index in [-0.39, 0.29) is 11.1 Å². The maximum atomic E-state index is 13.3. The molecular weight excluding hydrogens is 280 g/mol. The SMILES string of the molecule is Cc1cc(C(N)c2ccc(Cl)c(F)c2)sc1Cl. The fourth-order valence-corrected chi connectivity index (χ4v) is 2.87. The summed E-state index contributed by atoms with van der Waals surface area (Å²) >= 11 is 13.0. The lowest BCUT2D eigenvalue weighted by Gasteiger charge is -2.10. The number of hydrogen-bond donors (Lipinski definition) is 1. The Morgan fingerprint density at radius 1 is 1.29 bits per heavy atom. The minimum Gasteiger partial charge on any atom is -0.320 e. The number of halogens is 3. The fraction of sp³-hybridized carbons (Fsp3) is 0.167. The summed E-state index contributed by atoms with van der Waals surface area (Å²) in [5, 5.41) is 0.0985. The molecule has 1 nitrogen and oxygen atoms in total. The summed E-state index contributed by atoms with van der Waals surface area (Å²) in [5.74, 6) is -0.459. The Bertz CT molecular complexity index is 534. The zero-order valence-corrected chi connectivity index (χ0v) is 11.3. The highest BCUT2D eigenvalue weighted by atomic mass is 35.5. The van der Waals surface area contributed by atoms with Crippen LogP contribution < -0.4 is 5.73 Å². The Balaban J connectivity index is 2.36. The Morgan fingerprint density at radius 2 is 2.00 bits per heavy atom. The van der Waals surface area contributed by atoms with Gasteiger partial charge in [-0.2, -0.15) is 0 Å². The maximum absolute atomic E-state index is 13.3. The van der Waals surface area contributed by atoms with Crippen molar-refractivity contribution < 1.29 is 4.39 Å². The molecule has 0 aliphatic rings. The van der Waals surface area contributed by atoms with E-state index < -0.39 is 5.82 Å². The van der Waals surface area contributed by atoms with Gasteiger partial charge in [-0.15, -0.1) is 11.3 Å². The first kappa shape index (κ1) is 12.8. The van der Waals surface area contributed by atoms with Gasteiger partial charge in [-0.3, -0.25) is 0 Å². The van der Waals surface area contributed by atoms with Gasteiger partial charge in [-0.05, 0) is 36.2 Å². The van der Waals surface area contributed by atoms with Crippen molar-refractivity contribution >= 4 is 34.5 Å². The first-order chi connectivity index (χ1) is 7.99. The number of hydrogen-bond acceptors (Lipinski definition) is 2. The molecule has 1 aromatic heterocycles. The van der Waals surface area contributed by atoms with Crippen LogP contribution in [0.25, 0.3) is 0 Å². The number of thiophene rings is 1. The van der Waals surface area contributed by atoms with Gasteiger partial charge >= 0.3 is 0 Å². The van der Waals surface area contributed by atoms with Crippen LogP contribution in [0.1, 0.15) is 22.0 Å². The molecule has 0 aliphatic heterocycles. The van der Waals surface area contributed by atoms with Crippen LogP contribution in [-0.2, 0) is 0 Å². The Kier molecular flexibility index (Phi) is 3.73. The highest BCUT2D eigenvalue weighted by Crippen LogP contribution is 2.33. The van der Waals surface area contributed by atoms with E-state index in [1.54, 1.807) is 6.07 Å². The van der Waals surface area contributed by atoms with E-state index in [0.29, 0.717) is 9.90 Å². The monoisotopic (exact) mass is 289 g/mol. The molecule has 2 N–H and O–H groups in total. The van der Waals surface area contributed by atoms with Gasteiger partial charge in [0.15, 0.2) is 0 Å². The highest BCUT2D eigenvalue weighted by molar-refractivity contribution is 7.16. The normalized spacial score (nSPS) is 12.8. The van der Waals surface area contributed by atoms with Crippen LogP contribution in [0.4, 0.5) is 4.39 Å². The number of rotatable bonds is 2. The summed E-state index contributed by atoms with van der Waals surface area (Å²) in [4.78, 5) is 0.911. The van der Waals surface area contributed by atoms with Gasteiger partial charge in [0.05, 0.1) is 15.4 Å². The van der Waals surface area contributed by atoms with E-state index in [0.717, 1.165) is 10.4 Å². The third kappa shape index (κ3) is 2.63. The van der Waals surface area contributed by atoms with Crippen molar-refractivity contribution in [1.82, 2.24) is 0 Å². The standard InChI is InChI=1S/C12H10Cl2FNS/c1-6-4-10(17-12(6)14)11(16)7-2-3-8(13)9(15)5-7/h2-5,11H,16H2,1H3. The van der Waals surface area contributed by atoms with Gasteiger partial charge in [-0.1, -0.05) is 29.3 Å². The lowest BCUT2D eigenvalue weighted by molar-refractivity contribution is 0.624. The molecule has 1 heterocycles. The number of nitrogens with two attached hydrogens (primary N) is 1. The van der Waals surface area contributed by atoms with E-state index >= 15 is 0 Å². The van der Waals surface area contributed by atoms with Gasteiger partial charge in [0.25, 0.3) is 0 Å². The van der Waals surface area contributed by atoms with Gasteiger partial charge in [0.2, 0.25) is 0 Å². The molecule has 0 spiro atoms. The molecule has 90 valence electrons. The lowest BCUT2D eigenvalue weighted by Crippen LogP contribution is -2.10. The van der Waals surface area contributed by atoms with Crippen LogP contribution in [0.15, 0.2) is 24.3 Å². The predicted molar refractivity (Wildman–Crippen MR) is 71.5 cm³/mol. The second-order valence-electron chi connectivity index (χ2n) is 3.76. The maximum Gasteiger partial charge on any atom is 0.142 e. The van der Waals surface area contributed by atoms with Gasteiger partial charge in [0.1, 0.15) is 5.82 Å². The molecule has 0 bridgehead atoms. The van der Waals surface area contributed by atoms with Crippen LogP contribution >= 0.6 is 34.5 Å². The number of aryl methyl sites for hydroxylation is 1. The summed E-state index contributed by atoms with van der Waals surface area (Å²) in [5.41, 5.74) is 7.73. The van der Waals surface area contributed by atoms with Crippen molar-refractivity contribution in [2.75, 3.05) is 0 Å². The van der Waals surface area contributed by atoms with E-state index in [1.165, 1.54) is 23.5 Å². The minimum absolute atomic E-state index is 0.0985. The molecule has 5 heteroatoms. The molecule has 1 aromatic carbocycles. The van der Waals surface area contributed by atoms with Crippen molar-refractivity contribution in [3.63, 3.8) is 0 Å². The molecule has 0 fully saturated rings. The topological polar surface area (TPSA) is 26.0 Å². The summed E-state index contributed by atoms with van der Waals surface area (Å²) in [7, 11) is 0. The van der Waals surface area contributed by atoms with Crippen molar-refractivity contribution in [3.05, 3.63) is 55.4 Å². The third-order valence-electron chi connectivity index (χ3n) is 2.49. The Morgan fingerprint density at radius 3 is 2.53 bits per heavy atom. The molecule has 0 aliphatic carbocycles. The van der Waals surface area contributed by atoms with Gasteiger partial charge in [0, 0.05) is 4.88 Å².